The van der Waals surface area contributed by atoms with Gasteiger partial charge in [0.2, 0.25) is 0 Å². The lowest BCUT2D eigenvalue weighted by Crippen LogP contribution is -2.26. The lowest BCUT2D eigenvalue weighted by atomic mass is 9.96. The molecule has 2 rings (SSSR count). The third kappa shape index (κ3) is 3.37. The molecule has 1 aromatic carbocycles. The number of carbonyl (C=O) groups is 1. The van der Waals surface area contributed by atoms with Crippen LogP contribution < -0.4 is 5.73 Å². The highest BCUT2D eigenvalue weighted by Gasteiger charge is 2.29. The van der Waals surface area contributed by atoms with Crippen LogP contribution >= 0.6 is 11.6 Å². The molecule has 2 N–H and O–H groups in total. The molecule has 1 amide bonds. The van der Waals surface area contributed by atoms with E-state index in [0.29, 0.717) is 5.92 Å². The van der Waals surface area contributed by atoms with Crippen LogP contribution in [0.15, 0.2) is 24.3 Å². The summed E-state index contributed by atoms with van der Waals surface area (Å²) in [5.74, 6) is 0.362. The summed E-state index contributed by atoms with van der Waals surface area (Å²) in [7, 11) is 0. The molecule has 92 valence electrons. The predicted molar refractivity (Wildman–Crippen MR) is 67.0 cm³/mol. The van der Waals surface area contributed by atoms with E-state index in [1.165, 1.54) is 5.56 Å². The highest BCUT2D eigenvalue weighted by atomic mass is 35.5. The van der Waals surface area contributed by atoms with E-state index in [-0.39, 0.29) is 6.10 Å². The quantitative estimate of drug-likeness (QED) is 0.900. The van der Waals surface area contributed by atoms with E-state index in [4.69, 9.17) is 22.1 Å². The molecule has 1 saturated carbocycles. The Labute approximate surface area is 106 Å². The Morgan fingerprint density at radius 2 is 2.29 bits per heavy atom. The predicted octanol–water partition coefficient (Wildman–Crippen LogP) is 3.15. The number of primary amides is 1. The summed E-state index contributed by atoms with van der Waals surface area (Å²) in [5, 5.41) is 0.743. The summed E-state index contributed by atoms with van der Waals surface area (Å²) in [6.07, 6.45) is 3.25. The van der Waals surface area contributed by atoms with Gasteiger partial charge in [-0.05, 0) is 43.4 Å². The maximum Gasteiger partial charge on any atom is 0.404 e. The second kappa shape index (κ2) is 5.41. The van der Waals surface area contributed by atoms with Gasteiger partial charge in [-0.2, -0.15) is 0 Å². The van der Waals surface area contributed by atoms with Gasteiger partial charge in [-0.3, -0.25) is 0 Å². The van der Waals surface area contributed by atoms with Crippen molar-refractivity contribution >= 4 is 17.7 Å². The van der Waals surface area contributed by atoms with Gasteiger partial charge >= 0.3 is 6.09 Å². The van der Waals surface area contributed by atoms with Crippen molar-refractivity contribution in [1.29, 1.82) is 0 Å². The molecule has 3 nitrogen and oxygen atoms in total. The number of benzene rings is 1. The maximum absolute atomic E-state index is 10.8. The van der Waals surface area contributed by atoms with Gasteiger partial charge in [0.15, 0.2) is 0 Å². The van der Waals surface area contributed by atoms with E-state index in [9.17, 15) is 4.79 Å². The SMILES string of the molecule is NC(=O)OC1CCCC1Cc1cccc(Cl)c1. The topological polar surface area (TPSA) is 52.3 Å². The highest BCUT2D eigenvalue weighted by Crippen LogP contribution is 2.31. The van der Waals surface area contributed by atoms with Crippen LogP contribution in [0.25, 0.3) is 0 Å². The Hall–Kier alpha value is -1.22. The number of carbonyl (C=O) groups excluding carboxylic acids is 1. The number of amides is 1. The van der Waals surface area contributed by atoms with E-state index < -0.39 is 6.09 Å². The van der Waals surface area contributed by atoms with Gasteiger partial charge in [0.25, 0.3) is 0 Å². The highest BCUT2D eigenvalue weighted by molar-refractivity contribution is 6.30. The summed E-state index contributed by atoms with van der Waals surface area (Å²) < 4.78 is 5.13. The largest absolute Gasteiger partial charge is 0.446 e. The molecule has 0 spiro atoms. The molecule has 2 unspecified atom stereocenters. The van der Waals surface area contributed by atoms with Gasteiger partial charge in [-0.1, -0.05) is 23.7 Å². The minimum Gasteiger partial charge on any atom is -0.446 e. The number of hydrogen-bond acceptors (Lipinski definition) is 2. The lowest BCUT2D eigenvalue weighted by molar-refractivity contribution is 0.0833. The molecule has 0 bridgehead atoms. The molecule has 0 aliphatic heterocycles. The first-order valence-corrected chi connectivity index (χ1v) is 6.23. The summed E-state index contributed by atoms with van der Waals surface area (Å²) in [5.41, 5.74) is 6.25. The minimum absolute atomic E-state index is 0.0357. The third-order valence-electron chi connectivity index (χ3n) is 3.24. The summed E-state index contributed by atoms with van der Waals surface area (Å²) >= 11 is 5.95. The lowest BCUT2D eigenvalue weighted by Gasteiger charge is -2.19. The molecule has 0 heterocycles. The summed E-state index contributed by atoms with van der Waals surface area (Å²) in [6.45, 7) is 0. The van der Waals surface area contributed by atoms with Crippen LogP contribution in [0.5, 0.6) is 0 Å². The van der Waals surface area contributed by atoms with E-state index >= 15 is 0 Å². The van der Waals surface area contributed by atoms with Crippen molar-refractivity contribution in [3.05, 3.63) is 34.9 Å². The fourth-order valence-electron chi connectivity index (χ4n) is 2.51. The first kappa shape index (κ1) is 12.2. The van der Waals surface area contributed by atoms with Gasteiger partial charge in [-0.25, -0.2) is 4.79 Å². The number of rotatable bonds is 3. The third-order valence-corrected chi connectivity index (χ3v) is 3.48. The molecule has 1 aliphatic rings. The Balaban J connectivity index is 2.00. The minimum atomic E-state index is -0.673. The van der Waals surface area contributed by atoms with Crippen molar-refractivity contribution < 1.29 is 9.53 Å². The van der Waals surface area contributed by atoms with Crippen LogP contribution in [0.2, 0.25) is 5.02 Å². The van der Waals surface area contributed by atoms with Gasteiger partial charge in [0, 0.05) is 10.9 Å². The van der Waals surface area contributed by atoms with Crippen LogP contribution in [0.3, 0.4) is 0 Å². The Morgan fingerprint density at radius 1 is 1.47 bits per heavy atom. The molecule has 0 saturated heterocycles. The molecule has 0 radical (unpaired) electrons. The van der Waals surface area contributed by atoms with E-state index in [1.807, 2.05) is 24.3 Å². The molecule has 1 aromatic rings. The number of ether oxygens (including phenoxy) is 1. The number of halogens is 1. The van der Waals surface area contributed by atoms with Crippen LogP contribution in [-0.4, -0.2) is 12.2 Å². The van der Waals surface area contributed by atoms with E-state index in [2.05, 4.69) is 0 Å². The Bertz CT molecular complexity index is 408. The fourth-order valence-corrected chi connectivity index (χ4v) is 2.72. The van der Waals surface area contributed by atoms with Crippen molar-refractivity contribution in [2.45, 2.75) is 31.8 Å². The normalized spacial score (nSPS) is 23.6. The molecule has 1 fully saturated rings. The molecule has 17 heavy (non-hydrogen) atoms. The monoisotopic (exact) mass is 253 g/mol. The van der Waals surface area contributed by atoms with Crippen LogP contribution in [-0.2, 0) is 11.2 Å². The fraction of sp³-hybridized carbons (Fsp3) is 0.462. The molecule has 0 aromatic heterocycles. The number of hydrogen-bond donors (Lipinski definition) is 1. The van der Waals surface area contributed by atoms with Gasteiger partial charge in [0.1, 0.15) is 6.10 Å². The zero-order valence-corrected chi connectivity index (χ0v) is 10.3. The first-order valence-electron chi connectivity index (χ1n) is 5.85. The average molecular weight is 254 g/mol. The Morgan fingerprint density at radius 3 is 3.00 bits per heavy atom. The van der Waals surface area contributed by atoms with Crippen molar-refractivity contribution in [2.24, 2.45) is 11.7 Å². The summed E-state index contributed by atoms with van der Waals surface area (Å²) in [4.78, 5) is 10.8. The standard InChI is InChI=1S/C13H16ClNO2/c14-11-5-1-3-9(8-11)7-10-4-2-6-12(10)17-13(15)16/h1,3,5,8,10,12H,2,4,6-7H2,(H2,15,16). The van der Waals surface area contributed by atoms with Crippen molar-refractivity contribution in [3.63, 3.8) is 0 Å². The van der Waals surface area contributed by atoms with Gasteiger partial charge in [0.05, 0.1) is 0 Å². The molecular formula is C13H16ClNO2. The van der Waals surface area contributed by atoms with E-state index in [1.54, 1.807) is 0 Å². The second-order valence-electron chi connectivity index (χ2n) is 4.50. The Kier molecular flexibility index (Phi) is 3.89. The first-order chi connectivity index (χ1) is 8.15. The van der Waals surface area contributed by atoms with Gasteiger partial charge < -0.3 is 10.5 Å². The number of nitrogens with two attached hydrogens (primary N) is 1. The second-order valence-corrected chi connectivity index (χ2v) is 4.94. The maximum atomic E-state index is 10.8. The van der Waals surface area contributed by atoms with E-state index in [0.717, 1.165) is 30.7 Å². The van der Waals surface area contributed by atoms with Crippen LogP contribution in [0, 0.1) is 5.92 Å². The zero-order chi connectivity index (χ0) is 12.3. The van der Waals surface area contributed by atoms with Crippen molar-refractivity contribution in [1.82, 2.24) is 0 Å². The van der Waals surface area contributed by atoms with Crippen molar-refractivity contribution in [3.8, 4) is 0 Å². The summed E-state index contributed by atoms with van der Waals surface area (Å²) in [6, 6.07) is 7.81. The molecular weight excluding hydrogens is 238 g/mol. The molecule has 2 atom stereocenters. The average Bonchev–Trinajstić information content (AvgIpc) is 2.65. The van der Waals surface area contributed by atoms with Gasteiger partial charge in [-0.15, -0.1) is 0 Å². The van der Waals surface area contributed by atoms with Crippen molar-refractivity contribution in [2.75, 3.05) is 0 Å². The zero-order valence-electron chi connectivity index (χ0n) is 9.56. The van der Waals surface area contributed by atoms with Crippen LogP contribution in [0.1, 0.15) is 24.8 Å². The molecule has 4 heteroatoms. The smallest absolute Gasteiger partial charge is 0.404 e. The van der Waals surface area contributed by atoms with Crippen LogP contribution in [0.4, 0.5) is 4.79 Å². The molecule has 1 aliphatic carbocycles.